The molecule has 1 aromatic carbocycles. The van der Waals surface area contributed by atoms with Gasteiger partial charge in [0.05, 0.1) is 0 Å². The van der Waals surface area contributed by atoms with Crippen LogP contribution in [0.25, 0.3) is 0 Å². The molecule has 2 nitrogen and oxygen atoms in total. The molecule has 1 aromatic rings. The van der Waals surface area contributed by atoms with E-state index >= 15 is 0 Å². The van der Waals surface area contributed by atoms with Gasteiger partial charge in [-0.1, -0.05) is 0 Å². The number of ether oxygens (including phenoxy) is 2. The first-order valence-electron chi connectivity index (χ1n) is 4.11. The number of aryl methyl sites for hydroxylation is 1. The molecule has 0 saturated carbocycles. The van der Waals surface area contributed by atoms with Crippen molar-refractivity contribution in [2.75, 3.05) is 14.2 Å². The van der Waals surface area contributed by atoms with Crippen LogP contribution in [0.5, 0.6) is 11.5 Å². The van der Waals surface area contributed by atoms with E-state index in [4.69, 9.17) is 9.47 Å². The Morgan fingerprint density at radius 1 is 1.15 bits per heavy atom. The summed E-state index contributed by atoms with van der Waals surface area (Å²) in [6.07, 6.45) is 1.03. The van der Waals surface area contributed by atoms with Crippen molar-refractivity contribution in [2.24, 2.45) is 0 Å². The van der Waals surface area contributed by atoms with Crippen molar-refractivity contribution >= 4 is 16.0 Å². The van der Waals surface area contributed by atoms with Crippen molar-refractivity contribution in [1.29, 1.82) is 0 Å². The zero-order valence-electron chi connectivity index (χ0n) is 7.87. The molecule has 0 atom stereocenters. The van der Waals surface area contributed by atoms with Crippen LogP contribution in [0.2, 0.25) is 5.32 Å². The average Bonchev–Trinajstić information content (AvgIpc) is 2.18. The van der Waals surface area contributed by atoms with E-state index in [1.165, 1.54) is 5.56 Å². The standard InChI is InChI=1S/C10H13O2Se/c1-11-9-4-3-8(5-6-13)7-10(9)12-2/h3-4,7H,5-6H2,1-2H3. The molecule has 0 aliphatic carbocycles. The maximum absolute atomic E-state index is 5.19. The fourth-order valence-corrected chi connectivity index (χ4v) is 1.65. The maximum atomic E-state index is 5.19. The molecule has 3 heteroatoms. The average molecular weight is 244 g/mol. The predicted molar refractivity (Wildman–Crippen MR) is 53.8 cm³/mol. The van der Waals surface area contributed by atoms with Crippen molar-refractivity contribution in [3.8, 4) is 11.5 Å². The van der Waals surface area contributed by atoms with Crippen molar-refractivity contribution < 1.29 is 9.47 Å². The minimum absolute atomic E-state index is 0.784. The molecule has 0 bridgehead atoms. The van der Waals surface area contributed by atoms with Crippen LogP contribution in [-0.2, 0) is 6.42 Å². The zero-order chi connectivity index (χ0) is 9.68. The van der Waals surface area contributed by atoms with Gasteiger partial charge in [-0.05, 0) is 0 Å². The SMILES string of the molecule is COc1ccc(CC[Se])cc1OC. The summed E-state index contributed by atoms with van der Waals surface area (Å²) in [5.74, 6) is 1.58. The molecule has 1 rings (SSSR count). The van der Waals surface area contributed by atoms with E-state index in [1.54, 1.807) is 14.2 Å². The fraction of sp³-hybridized carbons (Fsp3) is 0.400. The molecule has 0 aliphatic rings. The van der Waals surface area contributed by atoms with Crippen molar-refractivity contribution in [3.63, 3.8) is 0 Å². The van der Waals surface area contributed by atoms with Gasteiger partial charge >= 0.3 is 86.7 Å². The second kappa shape index (κ2) is 5.15. The Morgan fingerprint density at radius 3 is 2.38 bits per heavy atom. The second-order valence-electron chi connectivity index (χ2n) is 2.64. The Labute approximate surface area is 87.1 Å². The topological polar surface area (TPSA) is 18.5 Å². The number of methoxy groups -OCH3 is 2. The van der Waals surface area contributed by atoms with Crippen LogP contribution in [0.1, 0.15) is 5.56 Å². The van der Waals surface area contributed by atoms with Crippen LogP contribution in [0.3, 0.4) is 0 Å². The number of hydrogen-bond acceptors (Lipinski definition) is 2. The van der Waals surface area contributed by atoms with E-state index in [0.29, 0.717) is 0 Å². The molecule has 0 aromatic heterocycles. The van der Waals surface area contributed by atoms with E-state index in [2.05, 4.69) is 22.1 Å². The monoisotopic (exact) mass is 245 g/mol. The van der Waals surface area contributed by atoms with Gasteiger partial charge in [-0.2, -0.15) is 0 Å². The summed E-state index contributed by atoms with van der Waals surface area (Å²) >= 11 is 2.99. The predicted octanol–water partition coefficient (Wildman–Crippen LogP) is 1.83. The van der Waals surface area contributed by atoms with E-state index in [0.717, 1.165) is 23.2 Å². The van der Waals surface area contributed by atoms with E-state index in [1.807, 2.05) is 12.1 Å². The van der Waals surface area contributed by atoms with E-state index in [9.17, 15) is 0 Å². The summed E-state index contributed by atoms with van der Waals surface area (Å²) in [7, 11) is 3.30. The quantitative estimate of drug-likeness (QED) is 0.752. The van der Waals surface area contributed by atoms with Crippen LogP contribution < -0.4 is 9.47 Å². The molecule has 1 radical (unpaired) electrons. The number of hydrogen-bond donors (Lipinski definition) is 0. The minimum atomic E-state index is 0.784. The van der Waals surface area contributed by atoms with Crippen LogP contribution in [0.15, 0.2) is 18.2 Å². The van der Waals surface area contributed by atoms with Gasteiger partial charge in [-0.3, -0.25) is 0 Å². The first kappa shape index (κ1) is 10.4. The van der Waals surface area contributed by atoms with E-state index < -0.39 is 0 Å². The Balaban J connectivity index is 2.91. The molecule has 0 heterocycles. The third-order valence-electron chi connectivity index (χ3n) is 1.84. The Bertz CT molecular complexity index is 274. The van der Waals surface area contributed by atoms with Crippen molar-refractivity contribution in [3.05, 3.63) is 23.8 Å². The first-order valence-corrected chi connectivity index (χ1v) is 5.32. The van der Waals surface area contributed by atoms with Crippen molar-refractivity contribution in [2.45, 2.75) is 11.7 Å². The molecular weight excluding hydrogens is 231 g/mol. The fourth-order valence-electron chi connectivity index (χ4n) is 1.15. The van der Waals surface area contributed by atoms with E-state index in [-0.39, 0.29) is 0 Å². The molecule has 0 spiro atoms. The number of rotatable bonds is 4. The van der Waals surface area contributed by atoms with Crippen molar-refractivity contribution in [1.82, 2.24) is 0 Å². The van der Waals surface area contributed by atoms with Crippen LogP contribution in [0, 0.1) is 0 Å². The molecule has 71 valence electrons. The molecular formula is C10H13O2Se. The Kier molecular flexibility index (Phi) is 4.13. The molecule has 13 heavy (non-hydrogen) atoms. The molecule has 0 aliphatic heterocycles. The molecule has 0 unspecified atom stereocenters. The Morgan fingerprint density at radius 2 is 1.85 bits per heavy atom. The normalized spacial score (nSPS) is 9.77. The van der Waals surface area contributed by atoms with Gasteiger partial charge in [0, 0.05) is 0 Å². The van der Waals surface area contributed by atoms with Crippen LogP contribution in [0.4, 0.5) is 0 Å². The van der Waals surface area contributed by atoms with Crippen LogP contribution >= 0.6 is 0 Å². The summed E-state index contributed by atoms with van der Waals surface area (Å²) in [5, 5.41) is 1.02. The van der Waals surface area contributed by atoms with Gasteiger partial charge in [-0.25, -0.2) is 0 Å². The summed E-state index contributed by atoms with van der Waals surface area (Å²) in [6, 6.07) is 6.00. The van der Waals surface area contributed by atoms with Gasteiger partial charge in [-0.15, -0.1) is 0 Å². The number of benzene rings is 1. The zero-order valence-corrected chi connectivity index (χ0v) is 9.58. The summed E-state index contributed by atoms with van der Waals surface area (Å²) in [6.45, 7) is 0. The third kappa shape index (κ3) is 2.64. The third-order valence-corrected chi connectivity index (χ3v) is 2.27. The van der Waals surface area contributed by atoms with Gasteiger partial charge in [0.1, 0.15) is 0 Å². The molecule has 0 N–H and O–H groups in total. The van der Waals surface area contributed by atoms with Gasteiger partial charge in [0.25, 0.3) is 0 Å². The molecule has 0 saturated heterocycles. The van der Waals surface area contributed by atoms with Gasteiger partial charge in [0.15, 0.2) is 0 Å². The molecule has 0 fully saturated rings. The Hall–Kier alpha value is -0.661. The molecule has 0 amide bonds. The first-order chi connectivity index (χ1) is 6.31. The van der Waals surface area contributed by atoms with Gasteiger partial charge < -0.3 is 0 Å². The second-order valence-corrected chi connectivity index (χ2v) is 3.50. The summed E-state index contributed by atoms with van der Waals surface area (Å²) < 4.78 is 10.3. The summed E-state index contributed by atoms with van der Waals surface area (Å²) in [4.78, 5) is 0. The summed E-state index contributed by atoms with van der Waals surface area (Å²) in [5.41, 5.74) is 1.26. The van der Waals surface area contributed by atoms with Gasteiger partial charge in [0.2, 0.25) is 0 Å². The van der Waals surface area contributed by atoms with Crippen LogP contribution in [-0.4, -0.2) is 30.2 Å².